The number of carboxylic acids is 2. The minimum Gasteiger partial charge on any atom is -0.481 e. The Bertz CT molecular complexity index is 977. The van der Waals surface area contributed by atoms with Crippen LogP contribution >= 0.6 is 0 Å². The quantitative estimate of drug-likeness (QED) is 0.706. The van der Waals surface area contributed by atoms with Crippen molar-refractivity contribution < 1.29 is 28.2 Å². The molecule has 26 heavy (non-hydrogen) atoms. The smallest absolute Gasteiger partial charge is 0.309 e. The summed E-state index contributed by atoms with van der Waals surface area (Å²) in [4.78, 5) is 23.5. The summed E-state index contributed by atoms with van der Waals surface area (Å²) < 4.78 is 28.9. The number of sulfonamides is 1. The van der Waals surface area contributed by atoms with Gasteiger partial charge in [0, 0.05) is 30.6 Å². The maximum Gasteiger partial charge on any atom is 0.309 e. The molecule has 0 fully saturated rings. The van der Waals surface area contributed by atoms with Crippen LogP contribution in [0.25, 0.3) is 10.8 Å². The van der Waals surface area contributed by atoms with E-state index < -0.39 is 40.5 Å². The molecule has 0 aliphatic heterocycles. The van der Waals surface area contributed by atoms with Gasteiger partial charge in [-0.2, -0.15) is 12.8 Å². The van der Waals surface area contributed by atoms with E-state index in [4.69, 9.17) is 10.2 Å². The normalized spacial score (nSPS) is 11.2. The molecule has 2 aromatic carbocycles. The second kappa shape index (κ2) is 7.52. The SMILES string of the molecule is CN(C)c1cccc2c(S(=O)(=O)N=C(CC(=O)O)CC(=O)O)cccc12. The standard InChI is InChI=1S/C17H18N2O6S/c1-19(2)14-7-3-6-13-12(14)5-4-8-15(13)26(24,25)18-11(9-16(20)21)10-17(22)23/h3-8H,9-10H2,1-2H3,(H,20,21)(H,22,23). The van der Waals surface area contributed by atoms with Gasteiger partial charge in [0.2, 0.25) is 0 Å². The highest BCUT2D eigenvalue weighted by Crippen LogP contribution is 2.31. The van der Waals surface area contributed by atoms with Crippen molar-refractivity contribution in [1.29, 1.82) is 0 Å². The second-order valence-corrected chi connectivity index (χ2v) is 7.37. The van der Waals surface area contributed by atoms with E-state index in [0.717, 1.165) is 5.69 Å². The maximum atomic E-state index is 12.7. The predicted octanol–water partition coefficient (Wildman–Crippen LogP) is 1.98. The molecule has 0 spiro atoms. The highest BCUT2D eigenvalue weighted by Gasteiger charge is 2.21. The zero-order chi connectivity index (χ0) is 19.5. The van der Waals surface area contributed by atoms with Gasteiger partial charge in [-0.1, -0.05) is 24.3 Å². The molecule has 2 aromatic rings. The van der Waals surface area contributed by atoms with Gasteiger partial charge in [0.05, 0.1) is 23.4 Å². The molecule has 0 unspecified atom stereocenters. The van der Waals surface area contributed by atoms with Crippen molar-refractivity contribution in [3.05, 3.63) is 36.4 Å². The molecular weight excluding hydrogens is 360 g/mol. The van der Waals surface area contributed by atoms with Crippen LogP contribution in [0.15, 0.2) is 45.7 Å². The zero-order valence-electron chi connectivity index (χ0n) is 14.2. The average Bonchev–Trinajstić information content (AvgIpc) is 2.51. The van der Waals surface area contributed by atoms with Gasteiger partial charge in [-0.15, -0.1) is 0 Å². The van der Waals surface area contributed by atoms with E-state index in [2.05, 4.69) is 4.40 Å². The molecule has 0 saturated carbocycles. The number of carbonyl (C=O) groups is 2. The molecule has 138 valence electrons. The van der Waals surface area contributed by atoms with Crippen molar-refractivity contribution in [2.24, 2.45) is 4.40 Å². The van der Waals surface area contributed by atoms with Crippen LogP contribution in [0.2, 0.25) is 0 Å². The van der Waals surface area contributed by atoms with Crippen molar-refractivity contribution in [3.63, 3.8) is 0 Å². The van der Waals surface area contributed by atoms with Crippen molar-refractivity contribution in [2.75, 3.05) is 19.0 Å². The van der Waals surface area contributed by atoms with Gasteiger partial charge in [0.1, 0.15) is 0 Å². The van der Waals surface area contributed by atoms with E-state index in [1.807, 2.05) is 25.1 Å². The molecule has 2 N–H and O–H groups in total. The molecule has 8 nitrogen and oxygen atoms in total. The molecule has 0 radical (unpaired) electrons. The van der Waals surface area contributed by atoms with Gasteiger partial charge in [0.25, 0.3) is 10.0 Å². The number of rotatable bonds is 7. The minimum absolute atomic E-state index is 0.105. The highest BCUT2D eigenvalue weighted by molar-refractivity contribution is 7.90. The lowest BCUT2D eigenvalue weighted by molar-refractivity contribution is -0.135. The Balaban J connectivity index is 2.65. The third-order valence-electron chi connectivity index (χ3n) is 3.58. The van der Waals surface area contributed by atoms with Crippen molar-refractivity contribution in [1.82, 2.24) is 0 Å². The Labute approximate surface area is 150 Å². The maximum absolute atomic E-state index is 12.7. The van der Waals surface area contributed by atoms with Crippen LogP contribution in [0, 0.1) is 0 Å². The molecule has 9 heteroatoms. The summed E-state index contributed by atoms with van der Waals surface area (Å²) in [5, 5.41) is 18.8. The number of nitrogens with zero attached hydrogens (tertiary/aromatic N) is 2. The van der Waals surface area contributed by atoms with Crippen LogP contribution in [0.1, 0.15) is 12.8 Å². The van der Waals surface area contributed by atoms with Gasteiger partial charge in [-0.25, -0.2) is 0 Å². The zero-order valence-corrected chi connectivity index (χ0v) is 15.0. The number of aliphatic carboxylic acids is 2. The van der Waals surface area contributed by atoms with Gasteiger partial charge in [-0.3, -0.25) is 9.59 Å². The molecule has 0 atom stereocenters. The van der Waals surface area contributed by atoms with Crippen molar-refractivity contribution >= 4 is 44.1 Å². The lowest BCUT2D eigenvalue weighted by Gasteiger charge is -2.16. The Morgan fingerprint density at radius 1 is 0.962 bits per heavy atom. The highest BCUT2D eigenvalue weighted by atomic mass is 32.2. The number of hydrogen-bond donors (Lipinski definition) is 2. The number of anilines is 1. The van der Waals surface area contributed by atoms with E-state index in [1.165, 1.54) is 6.07 Å². The fraction of sp³-hybridized carbons (Fsp3) is 0.235. The van der Waals surface area contributed by atoms with Gasteiger partial charge in [0.15, 0.2) is 0 Å². The van der Waals surface area contributed by atoms with E-state index in [0.29, 0.717) is 10.8 Å². The molecule has 0 aromatic heterocycles. The average molecular weight is 378 g/mol. The minimum atomic E-state index is -4.28. The summed E-state index contributed by atoms with van der Waals surface area (Å²) >= 11 is 0. The van der Waals surface area contributed by atoms with Crippen LogP contribution in [-0.2, 0) is 19.6 Å². The Morgan fingerprint density at radius 3 is 2.04 bits per heavy atom. The molecule has 0 aliphatic rings. The Hall–Kier alpha value is -2.94. The Morgan fingerprint density at radius 2 is 1.50 bits per heavy atom. The topological polar surface area (TPSA) is 124 Å². The summed E-state index contributed by atoms with van der Waals surface area (Å²) in [5.41, 5.74) is 0.366. The predicted molar refractivity (Wildman–Crippen MR) is 97.4 cm³/mol. The summed E-state index contributed by atoms with van der Waals surface area (Å²) in [6.07, 6.45) is -1.53. The van der Waals surface area contributed by atoms with E-state index >= 15 is 0 Å². The fourth-order valence-corrected chi connectivity index (χ4v) is 3.85. The first kappa shape index (κ1) is 19.4. The number of fused-ring (bicyclic) bond motifs is 1. The van der Waals surface area contributed by atoms with Crippen LogP contribution in [0.3, 0.4) is 0 Å². The molecule has 0 saturated heterocycles. The molecule has 0 bridgehead atoms. The van der Waals surface area contributed by atoms with E-state index in [-0.39, 0.29) is 4.90 Å². The summed E-state index contributed by atoms with van der Waals surface area (Å²) in [5.74, 6) is -2.71. The second-order valence-electron chi connectivity index (χ2n) is 5.80. The van der Waals surface area contributed by atoms with Crippen LogP contribution in [0.5, 0.6) is 0 Å². The molecule has 0 amide bonds. The lowest BCUT2D eigenvalue weighted by Crippen LogP contribution is -2.14. The van der Waals surface area contributed by atoms with Crippen molar-refractivity contribution in [2.45, 2.75) is 17.7 Å². The lowest BCUT2D eigenvalue weighted by atomic mass is 10.1. The largest absolute Gasteiger partial charge is 0.481 e. The first-order chi connectivity index (χ1) is 12.1. The summed E-state index contributed by atoms with van der Waals surface area (Å²) in [7, 11) is -0.626. The third kappa shape index (κ3) is 4.37. The monoisotopic (exact) mass is 378 g/mol. The fourth-order valence-electron chi connectivity index (χ4n) is 2.57. The molecule has 0 heterocycles. The van der Waals surface area contributed by atoms with Gasteiger partial charge in [-0.05, 0) is 12.1 Å². The van der Waals surface area contributed by atoms with Crippen molar-refractivity contribution in [3.8, 4) is 0 Å². The van der Waals surface area contributed by atoms with E-state index in [9.17, 15) is 18.0 Å². The van der Waals surface area contributed by atoms with E-state index in [1.54, 1.807) is 24.3 Å². The molecular formula is C17H18N2O6S. The summed E-state index contributed by atoms with van der Waals surface area (Å²) in [6.45, 7) is 0. The molecule has 0 aliphatic carbocycles. The van der Waals surface area contributed by atoms with Crippen LogP contribution in [-0.4, -0.2) is 50.4 Å². The van der Waals surface area contributed by atoms with Crippen LogP contribution in [0.4, 0.5) is 5.69 Å². The van der Waals surface area contributed by atoms with Gasteiger partial charge >= 0.3 is 11.9 Å². The number of benzene rings is 2. The number of carboxylic acid groups (broad SMARTS) is 2. The van der Waals surface area contributed by atoms with Crippen LogP contribution < -0.4 is 4.90 Å². The first-order valence-electron chi connectivity index (χ1n) is 7.57. The first-order valence-corrected chi connectivity index (χ1v) is 9.01. The Kier molecular flexibility index (Phi) is 5.61. The summed E-state index contributed by atoms with van der Waals surface area (Å²) in [6, 6.07) is 9.85. The number of hydrogen-bond acceptors (Lipinski definition) is 5. The molecule has 2 rings (SSSR count). The van der Waals surface area contributed by atoms with Gasteiger partial charge < -0.3 is 15.1 Å². The third-order valence-corrected chi connectivity index (χ3v) is 4.99.